The minimum Gasteiger partial charge on any atom is -0.454 e. The molecule has 0 radical (unpaired) electrons. The van der Waals surface area contributed by atoms with Gasteiger partial charge in [-0.1, -0.05) is 59.6 Å². The molecule has 230 valence electrons. The first-order chi connectivity index (χ1) is 20.4. The van der Waals surface area contributed by atoms with Gasteiger partial charge in [-0.3, -0.25) is 13.9 Å². The fourth-order valence-corrected chi connectivity index (χ4v) is 6.24. The van der Waals surface area contributed by atoms with Crippen LogP contribution < -0.4 is 19.1 Å². The van der Waals surface area contributed by atoms with E-state index in [0.717, 1.165) is 11.8 Å². The van der Waals surface area contributed by atoms with Crippen LogP contribution in [-0.4, -0.2) is 56.8 Å². The molecule has 1 N–H and O–H groups in total. The Labute approximate surface area is 262 Å². The van der Waals surface area contributed by atoms with Gasteiger partial charge in [0, 0.05) is 48.1 Å². The zero-order valence-electron chi connectivity index (χ0n) is 24.3. The van der Waals surface area contributed by atoms with Crippen molar-refractivity contribution in [1.82, 2.24) is 10.2 Å². The fourth-order valence-electron chi connectivity index (χ4n) is 4.81. The lowest BCUT2D eigenvalue weighted by atomic mass is 10.0. The molecule has 3 aromatic carbocycles. The van der Waals surface area contributed by atoms with E-state index in [2.05, 4.69) is 5.32 Å². The second kappa shape index (κ2) is 14.3. The number of carbonyl (C=O) groups excluding carboxylic acids is 2. The maximum absolute atomic E-state index is 13.9. The van der Waals surface area contributed by atoms with Crippen LogP contribution in [0.2, 0.25) is 10.0 Å². The Kier molecular flexibility index (Phi) is 10.8. The van der Waals surface area contributed by atoms with E-state index in [4.69, 9.17) is 32.7 Å². The van der Waals surface area contributed by atoms with E-state index in [1.807, 2.05) is 44.2 Å². The summed E-state index contributed by atoms with van der Waals surface area (Å²) in [6, 6.07) is 18.4. The average molecular weight is 649 g/mol. The molecule has 0 saturated heterocycles. The van der Waals surface area contributed by atoms with Crippen molar-refractivity contribution < 1.29 is 27.5 Å². The van der Waals surface area contributed by atoms with Gasteiger partial charge in [-0.15, -0.1) is 0 Å². The molecule has 0 fully saturated rings. The van der Waals surface area contributed by atoms with Gasteiger partial charge in [0.1, 0.15) is 6.04 Å². The Hall–Kier alpha value is -3.47. The zero-order valence-corrected chi connectivity index (χ0v) is 26.6. The number of nitrogens with one attached hydrogen (secondary N) is 1. The molecule has 4 rings (SSSR count). The summed E-state index contributed by atoms with van der Waals surface area (Å²) in [5, 5.41) is 3.77. The number of fused-ring (bicyclic) bond motifs is 1. The predicted molar refractivity (Wildman–Crippen MR) is 168 cm³/mol. The summed E-state index contributed by atoms with van der Waals surface area (Å²) in [5.41, 5.74) is 1.92. The molecule has 1 atom stereocenters. The lowest BCUT2D eigenvalue weighted by molar-refractivity contribution is -0.141. The molecular formula is C31H35Cl2N3O6S. The van der Waals surface area contributed by atoms with Crippen LogP contribution >= 0.6 is 23.2 Å². The SMILES string of the molecule is CC(C)NC(=O)[C@H](Cc1ccccc1)N(Cc1ccc(Cl)cc1Cl)C(=O)CCCN(c1ccc2c(c1)OCO2)S(C)(=O)=O. The number of anilines is 1. The maximum atomic E-state index is 13.9. The first-order valence-corrected chi connectivity index (χ1v) is 16.5. The van der Waals surface area contributed by atoms with E-state index < -0.39 is 16.1 Å². The number of carbonyl (C=O) groups is 2. The van der Waals surface area contributed by atoms with Gasteiger partial charge in [0.05, 0.1) is 11.9 Å². The summed E-state index contributed by atoms with van der Waals surface area (Å²) >= 11 is 12.6. The molecule has 0 unspecified atom stereocenters. The van der Waals surface area contributed by atoms with Crippen LogP contribution in [0, 0.1) is 0 Å². The highest BCUT2D eigenvalue weighted by molar-refractivity contribution is 7.92. The molecule has 1 aliphatic rings. The number of benzene rings is 3. The minimum atomic E-state index is -3.68. The first-order valence-electron chi connectivity index (χ1n) is 13.9. The number of sulfonamides is 1. The van der Waals surface area contributed by atoms with Crippen LogP contribution in [0.25, 0.3) is 0 Å². The summed E-state index contributed by atoms with van der Waals surface area (Å²) in [7, 11) is -3.68. The number of hydrogen-bond donors (Lipinski definition) is 1. The lowest BCUT2D eigenvalue weighted by Crippen LogP contribution is -2.51. The maximum Gasteiger partial charge on any atom is 0.243 e. The van der Waals surface area contributed by atoms with E-state index >= 15 is 0 Å². The van der Waals surface area contributed by atoms with Crippen LogP contribution in [0.3, 0.4) is 0 Å². The van der Waals surface area contributed by atoms with E-state index in [1.54, 1.807) is 36.4 Å². The smallest absolute Gasteiger partial charge is 0.243 e. The average Bonchev–Trinajstić information content (AvgIpc) is 3.41. The third-order valence-electron chi connectivity index (χ3n) is 6.85. The number of nitrogens with zero attached hydrogens (tertiary/aromatic N) is 2. The highest BCUT2D eigenvalue weighted by Crippen LogP contribution is 2.36. The van der Waals surface area contributed by atoms with Crippen LogP contribution in [-0.2, 0) is 32.6 Å². The molecule has 0 bridgehead atoms. The van der Waals surface area contributed by atoms with Gasteiger partial charge in [-0.05, 0) is 55.7 Å². The van der Waals surface area contributed by atoms with E-state index in [1.165, 1.54) is 9.21 Å². The van der Waals surface area contributed by atoms with Crippen molar-refractivity contribution in [3.63, 3.8) is 0 Å². The van der Waals surface area contributed by atoms with Gasteiger partial charge in [0.15, 0.2) is 11.5 Å². The Balaban J connectivity index is 1.59. The largest absolute Gasteiger partial charge is 0.454 e. The monoisotopic (exact) mass is 647 g/mol. The fraction of sp³-hybridized carbons (Fsp3) is 0.355. The van der Waals surface area contributed by atoms with Crippen molar-refractivity contribution >= 4 is 50.7 Å². The van der Waals surface area contributed by atoms with Gasteiger partial charge < -0.3 is 19.7 Å². The van der Waals surface area contributed by atoms with Gasteiger partial charge in [-0.2, -0.15) is 0 Å². The molecule has 43 heavy (non-hydrogen) atoms. The van der Waals surface area contributed by atoms with Gasteiger partial charge in [-0.25, -0.2) is 8.42 Å². The normalized spacial score (nSPS) is 13.1. The molecule has 9 nitrogen and oxygen atoms in total. The number of rotatable bonds is 13. The second-order valence-electron chi connectivity index (χ2n) is 10.6. The predicted octanol–water partition coefficient (Wildman–Crippen LogP) is 5.43. The first kappa shape index (κ1) is 32.4. The Morgan fingerprint density at radius 1 is 0.977 bits per heavy atom. The van der Waals surface area contributed by atoms with E-state index in [9.17, 15) is 18.0 Å². The summed E-state index contributed by atoms with van der Waals surface area (Å²) < 4.78 is 37.4. The van der Waals surface area contributed by atoms with Crippen molar-refractivity contribution in [1.29, 1.82) is 0 Å². The molecule has 1 heterocycles. The molecule has 12 heteroatoms. The third kappa shape index (κ3) is 8.78. The Bertz CT molecular complexity index is 1550. The standard InChI is InChI=1S/C31H35Cl2N3O6S/c1-21(2)34-31(38)27(16-22-8-5-4-6-9-22)35(19-23-11-12-24(32)17-26(23)33)30(37)10-7-15-36(43(3,39)40)25-13-14-28-29(18-25)42-20-41-28/h4-6,8-9,11-14,17-18,21,27H,7,10,15-16,19-20H2,1-3H3,(H,34,38)/t27-/m0/s1. The molecule has 0 spiro atoms. The second-order valence-corrected chi connectivity index (χ2v) is 13.4. The summed E-state index contributed by atoms with van der Waals surface area (Å²) in [6.45, 7) is 3.89. The Morgan fingerprint density at radius 3 is 2.37 bits per heavy atom. The summed E-state index contributed by atoms with van der Waals surface area (Å²) in [5.74, 6) is 0.376. The molecule has 0 aliphatic carbocycles. The van der Waals surface area contributed by atoms with Crippen LogP contribution in [0.4, 0.5) is 5.69 Å². The minimum absolute atomic E-state index is 0.0119. The van der Waals surface area contributed by atoms with Crippen molar-refractivity contribution in [2.75, 3.05) is 23.9 Å². The highest BCUT2D eigenvalue weighted by atomic mass is 35.5. The number of ether oxygens (including phenoxy) is 2. The van der Waals surface area contributed by atoms with E-state index in [-0.39, 0.29) is 57.0 Å². The Morgan fingerprint density at radius 2 is 1.70 bits per heavy atom. The third-order valence-corrected chi connectivity index (χ3v) is 8.64. The van der Waals surface area contributed by atoms with Crippen molar-refractivity contribution in [2.45, 2.75) is 51.7 Å². The van der Waals surface area contributed by atoms with Crippen LogP contribution in [0.5, 0.6) is 11.5 Å². The van der Waals surface area contributed by atoms with Crippen LogP contribution in [0.15, 0.2) is 66.7 Å². The van der Waals surface area contributed by atoms with Gasteiger partial charge >= 0.3 is 0 Å². The quantitative estimate of drug-likeness (QED) is 0.265. The molecule has 0 aromatic heterocycles. The van der Waals surface area contributed by atoms with Crippen LogP contribution in [0.1, 0.15) is 37.8 Å². The van der Waals surface area contributed by atoms with E-state index in [0.29, 0.717) is 32.8 Å². The molecule has 2 amide bonds. The number of amides is 2. The molecule has 1 aliphatic heterocycles. The topological polar surface area (TPSA) is 105 Å². The molecule has 3 aromatic rings. The molecule has 0 saturated carbocycles. The summed E-state index contributed by atoms with van der Waals surface area (Å²) in [4.78, 5) is 29.0. The molecular weight excluding hydrogens is 613 g/mol. The number of halogens is 2. The van der Waals surface area contributed by atoms with Crippen molar-refractivity contribution in [3.8, 4) is 11.5 Å². The lowest BCUT2D eigenvalue weighted by Gasteiger charge is -2.32. The van der Waals surface area contributed by atoms with Gasteiger partial charge in [0.25, 0.3) is 0 Å². The van der Waals surface area contributed by atoms with Gasteiger partial charge in [0.2, 0.25) is 28.6 Å². The number of hydrogen-bond acceptors (Lipinski definition) is 6. The van der Waals surface area contributed by atoms with Crippen molar-refractivity contribution in [2.24, 2.45) is 0 Å². The van der Waals surface area contributed by atoms with Crippen molar-refractivity contribution in [3.05, 3.63) is 87.9 Å². The highest BCUT2D eigenvalue weighted by Gasteiger charge is 2.31. The summed E-state index contributed by atoms with van der Waals surface area (Å²) in [6.07, 6.45) is 1.58. The zero-order chi connectivity index (χ0) is 31.1.